The number of aliphatic hydroxyl groups excluding tert-OH is 4. The summed E-state index contributed by atoms with van der Waals surface area (Å²) in [6, 6.07) is 0. The maximum atomic E-state index is 11.2. The molecule has 1 fully saturated rings. The fourth-order valence-electron chi connectivity index (χ4n) is 2.08. The molecule has 0 radical (unpaired) electrons. The quantitative estimate of drug-likeness (QED) is 0.370. The van der Waals surface area contributed by atoms with Crippen LogP contribution < -0.4 is 5.32 Å². The minimum atomic E-state index is -1.63. The second-order valence-electron chi connectivity index (χ2n) is 4.26. The van der Waals surface area contributed by atoms with E-state index in [1.54, 1.807) is 6.92 Å². The Labute approximate surface area is 105 Å². The van der Waals surface area contributed by atoms with Gasteiger partial charge in [0.1, 0.15) is 23.9 Å². The third-order valence-electron chi connectivity index (χ3n) is 2.92. The number of rotatable bonds is 3. The zero-order chi connectivity index (χ0) is 13.9. The highest BCUT2D eigenvalue weighted by atomic mass is 16.6. The highest BCUT2D eigenvalue weighted by molar-refractivity contribution is 5.74. The average Bonchev–Trinajstić information content (AvgIpc) is 2.31. The van der Waals surface area contributed by atoms with E-state index in [0.717, 1.165) is 0 Å². The highest BCUT2D eigenvalue weighted by Gasteiger charge is 2.54. The maximum Gasteiger partial charge on any atom is 0.217 e. The Morgan fingerprint density at radius 2 is 2.06 bits per heavy atom. The molecule has 7 nitrogen and oxygen atoms in total. The lowest BCUT2D eigenvalue weighted by atomic mass is 9.82. The second kappa shape index (κ2) is 5.77. The molecule has 1 rings (SSSR count). The van der Waals surface area contributed by atoms with Gasteiger partial charge in [-0.25, -0.2) is 0 Å². The van der Waals surface area contributed by atoms with Crippen LogP contribution in [-0.4, -0.2) is 63.1 Å². The molecule has 0 bridgehead atoms. The SMILES string of the molecule is CC=C[C@@]1(NC(C)=O)[C@@H](O)O[C@H](CO)[C@@H](O)[C@@H]1O. The van der Waals surface area contributed by atoms with E-state index in [9.17, 15) is 20.1 Å². The molecule has 0 aromatic carbocycles. The Morgan fingerprint density at radius 1 is 1.44 bits per heavy atom. The largest absolute Gasteiger partial charge is 0.394 e. The molecule has 7 heteroatoms. The van der Waals surface area contributed by atoms with Crippen molar-refractivity contribution < 1.29 is 30.0 Å². The van der Waals surface area contributed by atoms with Crippen LogP contribution in [0, 0.1) is 0 Å². The number of amides is 1. The molecule has 0 saturated carbocycles. The molecular weight excluding hydrogens is 242 g/mol. The smallest absolute Gasteiger partial charge is 0.217 e. The van der Waals surface area contributed by atoms with E-state index in [0.29, 0.717) is 0 Å². The highest BCUT2D eigenvalue weighted by Crippen LogP contribution is 2.30. The Hall–Kier alpha value is -0.990. The van der Waals surface area contributed by atoms with Crippen LogP contribution in [0.5, 0.6) is 0 Å². The Kier molecular flexibility index (Phi) is 4.83. The van der Waals surface area contributed by atoms with Crippen molar-refractivity contribution in [1.82, 2.24) is 5.32 Å². The lowest BCUT2D eigenvalue weighted by molar-refractivity contribution is -0.272. The van der Waals surface area contributed by atoms with Crippen LogP contribution >= 0.6 is 0 Å². The van der Waals surface area contributed by atoms with Crippen LogP contribution in [0.25, 0.3) is 0 Å². The van der Waals surface area contributed by atoms with Crippen molar-refractivity contribution in [2.75, 3.05) is 6.61 Å². The predicted octanol–water partition coefficient (Wildman–Crippen LogP) is -2.13. The van der Waals surface area contributed by atoms with Crippen molar-refractivity contribution in [2.45, 2.75) is 44.0 Å². The van der Waals surface area contributed by atoms with Crippen LogP contribution in [-0.2, 0) is 9.53 Å². The predicted molar refractivity (Wildman–Crippen MR) is 61.3 cm³/mol. The molecule has 0 unspecified atom stereocenters. The molecule has 104 valence electrons. The topological polar surface area (TPSA) is 119 Å². The molecule has 5 N–H and O–H groups in total. The molecule has 0 spiro atoms. The van der Waals surface area contributed by atoms with Crippen LogP contribution in [0.3, 0.4) is 0 Å². The van der Waals surface area contributed by atoms with Crippen molar-refractivity contribution >= 4 is 5.91 Å². The number of carbonyl (C=O) groups is 1. The zero-order valence-corrected chi connectivity index (χ0v) is 10.3. The lowest BCUT2D eigenvalue weighted by Crippen LogP contribution is -2.72. The van der Waals surface area contributed by atoms with E-state index in [-0.39, 0.29) is 0 Å². The molecule has 1 aliphatic heterocycles. The first-order chi connectivity index (χ1) is 8.39. The summed E-state index contributed by atoms with van der Waals surface area (Å²) in [5, 5.41) is 41.1. The molecule has 0 aromatic rings. The fraction of sp³-hybridized carbons (Fsp3) is 0.727. The number of allylic oxidation sites excluding steroid dienone is 1. The van der Waals surface area contributed by atoms with Gasteiger partial charge in [-0.05, 0) is 6.92 Å². The van der Waals surface area contributed by atoms with E-state index in [4.69, 9.17) is 9.84 Å². The van der Waals surface area contributed by atoms with Gasteiger partial charge < -0.3 is 30.5 Å². The Balaban J connectivity index is 3.11. The van der Waals surface area contributed by atoms with Crippen LogP contribution in [0.2, 0.25) is 0 Å². The van der Waals surface area contributed by atoms with Crippen molar-refractivity contribution in [3.8, 4) is 0 Å². The molecule has 1 amide bonds. The summed E-state index contributed by atoms with van der Waals surface area (Å²) in [6.45, 7) is 2.30. The van der Waals surface area contributed by atoms with Gasteiger partial charge in [0, 0.05) is 6.92 Å². The number of carbonyl (C=O) groups excluding carboxylic acids is 1. The van der Waals surface area contributed by atoms with Gasteiger partial charge in [0.05, 0.1) is 6.61 Å². The van der Waals surface area contributed by atoms with E-state index in [1.807, 2.05) is 0 Å². The number of aliphatic hydroxyl groups is 4. The molecule has 1 saturated heterocycles. The summed E-state index contributed by atoms with van der Waals surface area (Å²) < 4.78 is 5.02. The molecule has 0 aliphatic carbocycles. The minimum absolute atomic E-state index is 0.496. The third-order valence-corrected chi connectivity index (χ3v) is 2.92. The van der Waals surface area contributed by atoms with Gasteiger partial charge in [-0.1, -0.05) is 12.2 Å². The van der Waals surface area contributed by atoms with Gasteiger partial charge in [0.2, 0.25) is 5.91 Å². The molecular formula is C11H19NO6. The Morgan fingerprint density at radius 3 is 2.50 bits per heavy atom. The number of ether oxygens (including phenoxy) is 1. The normalized spacial score (nSPS) is 41.0. The number of nitrogens with one attached hydrogen (secondary N) is 1. The standard InChI is InChI=1S/C11H19NO6/c1-3-4-11(12-6(2)14)9(16)8(15)7(5-13)18-10(11)17/h3-4,7-10,13,15-17H,5H2,1-2H3,(H,12,14)/t7-,8-,9+,10+,11+/m1/s1. The van der Waals surface area contributed by atoms with E-state index >= 15 is 0 Å². The second-order valence-corrected chi connectivity index (χ2v) is 4.26. The van der Waals surface area contributed by atoms with Gasteiger partial charge >= 0.3 is 0 Å². The molecule has 1 aliphatic rings. The molecule has 18 heavy (non-hydrogen) atoms. The van der Waals surface area contributed by atoms with Gasteiger partial charge in [-0.2, -0.15) is 0 Å². The summed E-state index contributed by atoms with van der Waals surface area (Å²) in [7, 11) is 0. The molecule has 5 atom stereocenters. The van der Waals surface area contributed by atoms with Gasteiger partial charge in [0.15, 0.2) is 6.29 Å². The fourth-order valence-corrected chi connectivity index (χ4v) is 2.08. The summed E-state index contributed by atoms with van der Waals surface area (Å²) in [5.74, 6) is -0.496. The van der Waals surface area contributed by atoms with Gasteiger partial charge in [-0.3, -0.25) is 4.79 Å². The first-order valence-electron chi connectivity index (χ1n) is 5.62. The van der Waals surface area contributed by atoms with Crippen LogP contribution in [0.15, 0.2) is 12.2 Å². The summed E-state index contributed by atoms with van der Waals surface area (Å²) in [4.78, 5) is 11.2. The summed E-state index contributed by atoms with van der Waals surface area (Å²) >= 11 is 0. The zero-order valence-electron chi connectivity index (χ0n) is 10.3. The van der Waals surface area contributed by atoms with E-state index < -0.39 is 42.7 Å². The average molecular weight is 261 g/mol. The first kappa shape index (κ1) is 15.1. The van der Waals surface area contributed by atoms with Gasteiger partial charge in [-0.15, -0.1) is 0 Å². The molecule has 1 heterocycles. The third kappa shape index (κ3) is 2.55. The first-order valence-corrected chi connectivity index (χ1v) is 5.62. The summed E-state index contributed by atoms with van der Waals surface area (Å²) in [5.41, 5.74) is -1.63. The van der Waals surface area contributed by atoms with Crippen molar-refractivity contribution in [3.63, 3.8) is 0 Å². The minimum Gasteiger partial charge on any atom is -0.394 e. The summed E-state index contributed by atoms with van der Waals surface area (Å²) in [6.07, 6.45) is -2.76. The van der Waals surface area contributed by atoms with E-state index in [2.05, 4.69) is 5.32 Å². The Bertz CT molecular complexity index is 333. The van der Waals surface area contributed by atoms with Crippen molar-refractivity contribution in [1.29, 1.82) is 0 Å². The van der Waals surface area contributed by atoms with E-state index in [1.165, 1.54) is 19.1 Å². The maximum absolute atomic E-state index is 11.2. The van der Waals surface area contributed by atoms with Crippen molar-refractivity contribution in [2.24, 2.45) is 0 Å². The van der Waals surface area contributed by atoms with Crippen LogP contribution in [0.1, 0.15) is 13.8 Å². The lowest BCUT2D eigenvalue weighted by Gasteiger charge is -2.47. The molecule has 0 aromatic heterocycles. The monoisotopic (exact) mass is 261 g/mol. The van der Waals surface area contributed by atoms with Gasteiger partial charge in [0.25, 0.3) is 0 Å². The number of hydrogen-bond donors (Lipinski definition) is 5. The van der Waals surface area contributed by atoms with Crippen LogP contribution in [0.4, 0.5) is 0 Å². The number of hydrogen-bond acceptors (Lipinski definition) is 6. The van der Waals surface area contributed by atoms with Crippen molar-refractivity contribution in [3.05, 3.63) is 12.2 Å².